The molecule has 0 radical (unpaired) electrons. The second-order valence-electron chi connectivity index (χ2n) is 7.01. The zero-order chi connectivity index (χ0) is 19.3. The van der Waals surface area contributed by atoms with Crippen LogP contribution in [0.1, 0.15) is 33.1 Å². The second-order valence-corrected chi connectivity index (χ2v) is 7.45. The molecule has 142 valence electrons. The molecule has 1 amide bonds. The van der Waals surface area contributed by atoms with Crippen molar-refractivity contribution in [3.05, 3.63) is 100 Å². The first-order valence-electron chi connectivity index (χ1n) is 9.45. The highest BCUT2D eigenvalue weighted by atomic mass is 35.5. The summed E-state index contributed by atoms with van der Waals surface area (Å²) < 4.78 is 0. The first-order chi connectivity index (χ1) is 13.7. The molecule has 2 heterocycles. The van der Waals surface area contributed by atoms with E-state index in [1.807, 2.05) is 12.3 Å². The van der Waals surface area contributed by atoms with Crippen LogP contribution in [0.15, 0.2) is 73.1 Å². The number of pyridine rings is 1. The SMILES string of the molecule is O=C(NC[C@H](c1cccnc1)N1CCc2ccccc2C1)c1cccc(Cl)c1. The van der Waals surface area contributed by atoms with Crippen LogP contribution < -0.4 is 5.32 Å². The molecule has 0 bridgehead atoms. The summed E-state index contributed by atoms with van der Waals surface area (Å²) in [7, 11) is 0. The van der Waals surface area contributed by atoms with Crippen molar-refractivity contribution in [2.75, 3.05) is 13.1 Å². The van der Waals surface area contributed by atoms with E-state index in [0.717, 1.165) is 25.1 Å². The summed E-state index contributed by atoms with van der Waals surface area (Å²) in [5.74, 6) is -0.117. The summed E-state index contributed by atoms with van der Waals surface area (Å²) >= 11 is 6.02. The number of nitrogens with zero attached hydrogens (tertiary/aromatic N) is 2. The van der Waals surface area contributed by atoms with Crippen LogP contribution in [0.3, 0.4) is 0 Å². The lowest BCUT2D eigenvalue weighted by Gasteiger charge is -2.36. The highest BCUT2D eigenvalue weighted by Gasteiger charge is 2.25. The van der Waals surface area contributed by atoms with Crippen molar-refractivity contribution < 1.29 is 4.79 Å². The Bertz CT molecular complexity index is 961. The topological polar surface area (TPSA) is 45.2 Å². The normalized spacial score (nSPS) is 14.9. The minimum Gasteiger partial charge on any atom is -0.350 e. The smallest absolute Gasteiger partial charge is 0.251 e. The molecule has 1 aliphatic heterocycles. The molecule has 1 N–H and O–H groups in total. The molecule has 0 aliphatic carbocycles. The van der Waals surface area contributed by atoms with Gasteiger partial charge in [-0.05, 0) is 47.4 Å². The third-order valence-corrected chi connectivity index (χ3v) is 5.45. The summed E-state index contributed by atoms with van der Waals surface area (Å²) in [6, 6.07) is 19.7. The lowest BCUT2D eigenvalue weighted by Crippen LogP contribution is -2.40. The van der Waals surface area contributed by atoms with E-state index in [4.69, 9.17) is 11.6 Å². The molecule has 28 heavy (non-hydrogen) atoms. The van der Waals surface area contributed by atoms with Gasteiger partial charge in [-0.1, -0.05) is 48.0 Å². The summed E-state index contributed by atoms with van der Waals surface area (Å²) in [6.07, 6.45) is 4.67. The third kappa shape index (κ3) is 4.24. The average molecular weight is 392 g/mol. The molecule has 0 unspecified atom stereocenters. The van der Waals surface area contributed by atoms with Gasteiger partial charge in [0.05, 0.1) is 6.04 Å². The van der Waals surface area contributed by atoms with Crippen molar-refractivity contribution in [3.8, 4) is 0 Å². The van der Waals surface area contributed by atoms with Gasteiger partial charge in [0.1, 0.15) is 0 Å². The fourth-order valence-electron chi connectivity index (χ4n) is 3.74. The van der Waals surface area contributed by atoms with Gasteiger partial charge < -0.3 is 5.32 Å². The van der Waals surface area contributed by atoms with Gasteiger partial charge in [0.2, 0.25) is 0 Å². The molecule has 1 aliphatic rings. The number of fused-ring (bicyclic) bond motifs is 1. The number of hydrogen-bond donors (Lipinski definition) is 1. The Morgan fingerprint density at radius 3 is 2.75 bits per heavy atom. The average Bonchev–Trinajstić information content (AvgIpc) is 2.74. The van der Waals surface area contributed by atoms with Crippen molar-refractivity contribution in [1.82, 2.24) is 15.2 Å². The number of halogens is 1. The van der Waals surface area contributed by atoms with Gasteiger partial charge >= 0.3 is 0 Å². The number of hydrogen-bond acceptors (Lipinski definition) is 3. The molecule has 0 saturated heterocycles. The molecular formula is C23H22ClN3O. The number of carbonyl (C=O) groups excluding carboxylic acids is 1. The molecule has 1 aromatic heterocycles. The Balaban J connectivity index is 1.53. The van der Waals surface area contributed by atoms with Gasteiger partial charge in [-0.3, -0.25) is 14.7 Å². The van der Waals surface area contributed by atoms with Crippen LogP contribution in [0.2, 0.25) is 5.02 Å². The maximum atomic E-state index is 12.6. The molecule has 2 aromatic carbocycles. The van der Waals surface area contributed by atoms with E-state index in [1.165, 1.54) is 11.1 Å². The molecule has 4 rings (SSSR count). The number of rotatable bonds is 5. The maximum absolute atomic E-state index is 12.6. The van der Waals surface area contributed by atoms with Crippen molar-refractivity contribution in [1.29, 1.82) is 0 Å². The van der Waals surface area contributed by atoms with E-state index in [9.17, 15) is 4.79 Å². The zero-order valence-corrected chi connectivity index (χ0v) is 16.3. The Labute approximate surface area is 170 Å². The van der Waals surface area contributed by atoms with Gasteiger partial charge in [0, 0.05) is 42.6 Å². The van der Waals surface area contributed by atoms with E-state index in [-0.39, 0.29) is 11.9 Å². The Morgan fingerprint density at radius 2 is 1.96 bits per heavy atom. The van der Waals surface area contributed by atoms with Crippen LogP contribution in [0.4, 0.5) is 0 Å². The predicted molar refractivity (Wildman–Crippen MR) is 111 cm³/mol. The van der Waals surface area contributed by atoms with Crippen molar-refractivity contribution >= 4 is 17.5 Å². The van der Waals surface area contributed by atoms with E-state index in [1.54, 1.807) is 30.5 Å². The molecule has 5 heteroatoms. The minimum absolute atomic E-state index is 0.0604. The number of nitrogens with one attached hydrogen (secondary N) is 1. The lowest BCUT2D eigenvalue weighted by atomic mass is 9.97. The largest absolute Gasteiger partial charge is 0.350 e. The highest BCUT2D eigenvalue weighted by molar-refractivity contribution is 6.30. The summed E-state index contributed by atoms with van der Waals surface area (Å²) in [5, 5.41) is 3.64. The standard InChI is InChI=1S/C23H22ClN3O/c24-21-9-3-7-18(13-21)23(28)26-15-22(19-8-4-11-25-14-19)27-12-10-17-5-1-2-6-20(17)16-27/h1-9,11,13-14,22H,10,12,15-16H2,(H,26,28)/t22-/m1/s1. The molecule has 4 nitrogen and oxygen atoms in total. The van der Waals surface area contributed by atoms with Crippen LogP contribution in [0.5, 0.6) is 0 Å². The second kappa shape index (κ2) is 8.55. The first kappa shape index (κ1) is 18.7. The molecule has 0 saturated carbocycles. The van der Waals surface area contributed by atoms with E-state index in [2.05, 4.69) is 45.5 Å². The monoisotopic (exact) mass is 391 g/mol. The number of benzene rings is 2. The quantitative estimate of drug-likeness (QED) is 0.706. The Hall–Kier alpha value is -2.69. The third-order valence-electron chi connectivity index (χ3n) is 5.21. The fraction of sp³-hybridized carbons (Fsp3) is 0.217. The zero-order valence-electron chi connectivity index (χ0n) is 15.5. The van der Waals surface area contributed by atoms with Crippen LogP contribution >= 0.6 is 11.6 Å². The van der Waals surface area contributed by atoms with Gasteiger partial charge in [-0.25, -0.2) is 0 Å². The van der Waals surface area contributed by atoms with Crippen LogP contribution in [-0.2, 0) is 13.0 Å². The minimum atomic E-state index is -0.117. The van der Waals surface area contributed by atoms with Gasteiger partial charge in [0.15, 0.2) is 0 Å². The molecule has 3 aromatic rings. The van der Waals surface area contributed by atoms with Crippen LogP contribution in [0.25, 0.3) is 0 Å². The number of carbonyl (C=O) groups is 1. The first-order valence-corrected chi connectivity index (χ1v) is 9.83. The Kier molecular flexibility index (Phi) is 5.70. The predicted octanol–water partition coefficient (Wildman–Crippen LogP) is 4.26. The summed E-state index contributed by atoms with van der Waals surface area (Å²) in [4.78, 5) is 19.3. The Morgan fingerprint density at radius 1 is 1.11 bits per heavy atom. The molecule has 1 atom stereocenters. The summed E-state index contributed by atoms with van der Waals surface area (Å²) in [6.45, 7) is 2.32. The number of amides is 1. The molecular weight excluding hydrogens is 370 g/mol. The molecule has 0 fully saturated rings. The van der Waals surface area contributed by atoms with Crippen LogP contribution in [-0.4, -0.2) is 28.9 Å². The van der Waals surface area contributed by atoms with E-state index in [0.29, 0.717) is 17.1 Å². The summed E-state index contributed by atoms with van der Waals surface area (Å²) in [5.41, 5.74) is 4.44. The van der Waals surface area contributed by atoms with Crippen LogP contribution in [0, 0.1) is 0 Å². The number of aromatic nitrogens is 1. The van der Waals surface area contributed by atoms with Gasteiger partial charge in [-0.15, -0.1) is 0 Å². The van der Waals surface area contributed by atoms with E-state index < -0.39 is 0 Å². The van der Waals surface area contributed by atoms with Gasteiger partial charge in [0.25, 0.3) is 5.91 Å². The maximum Gasteiger partial charge on any atom is 0.251 e. The van der Waals surface area contributed by atoms with Gasteiger partial charge in [-0.2, -0.15) is 0 Å². The lowest BCUT2D eigenvalue weighted by molar-refractivity contribution is 0.0927. The van der Waals surface area contributed by atoms with Crippen molar-refractivity contribution in [3.63, 3.8) is 0 Å². The highest BCUT2D eigenvalue weighted by Crippen LogP contribution is 2.27. The van der Waals surface area contributed by atoms with E-state index >= 15 is 0 Å². The molecule has 0 spiro atoms. The fourth-order valence-corrected chi connectivity index (χ4v) is 3.93. The van der Waals surface area contributed by atoms with Crippen molar-refractivity contribution in [2.45, 2.75) is 19.0 Å². The van der Waals surface area contributed by atoms with Crippen molar-refractivity contribution in [2.24, 2.45) is 0 Å².